The number of benzene rings is 2. The Kier molecular flexibility index (Phi) is 11.3. The fourth-order valence-electron chi connectivity index (χ4n) is 4.09. The first kappa shape index (κ1) is 29.8. The highest BCUT2D eigenvalue weighted by Gasteiger charge is 2.30. The number of urea groups is 1. The van der Waals surface area contributed by atoms with Crippen molar-refractivity contribution in [2.24, 2.45) is 0 Å². The van der Waals surface area contributed by atoms with Crippen LogP contribution in [0, 0.1) is 0 Å². The zero-order chi connectivity index (χ0) is 27.5. The van der Waals surface area contributed by atoms with Gasteiger partial charge in [-0.1, -0.05) is 35.7 Å². The molecule has 1 saturated heterocycles. The normalized spacial score (nSPS) is 15.0. The summed E-state index contributed by atoms with van der Waals surface area (Å²) in [7, 11) is 0. The molecule has 1 aliphatic rings. The van der Waals surface area contributed by atoms with Crippen molar-refractivity contribution in [3.8, 4) is 0 Å². The summed E-state index contributed by atoms with van der Waals surface area (Å²) in [4.78, 5) is 26.5. The van der Waals surface area contributed by atoms with Gasteiger partial charge in [-0.2, -0.15) is 13.2 Å². The van der Waals surface area contributed by atoms with Crippen LogP contribution in [0.4, 0.5) is 23.7 Å². The van der Waals surface area contributed by atoms with Crippen molar-refractivity contribution in [2.75, 3.05) is 31.5 Å². The van der Waals surface area contributed by atoms with Crippen molar-refractivity contribution in [1.29, 1.82) is 0 Å². The smallest absolute Gasteiger partial charge is 0.353 e. The molecule has 0 aliphatic carbocycles. The lowest BCUT2D eigenvalue weighted by Gasteiger charge is -2.32. The largest absolute Gasteiger partial charge is 0.416 e. The second-order valence-electron chi connectivity index (χ2n) is 9.15. The van der Waals surface area contributed by atoms with E-state index in [-0.39, 0.29) is 11.9 Å². The van der Waals surface area contributed by atoms with E-state index in [9.17, 15) is 22.8 Å². The molecule has 1 fully saturated rings. The summed E-state index contributed by atoms with van der Waals surface area (Å²) < 4.78 is 38.0. The van der Waals surface area contributed by atoms with Gasteiger partial charge in [-0.05, 0) is 80.3 Å². The maximum absolute atomic E-state index is 12.7. The minimum atomic E-state index is -4.41. The van der Waals surface area contributed by atoms with Gasteiger partial charge < -0.3 is 20.9 Å². The number of hydrogen-bond acceptors (Lipinski definition) is 3. The molecule has 206 valence electrons. The van der Waals surface area contributed by atoms with Gasteiger partial charge in [-0.3, -0.25) is 4.79 Å². The summed E-state index contributed by atoms with van der Waals surface area (Å²) in [5, 5.41) is 9.27. The SMILES string of the molecule is O=C(/C=C/c1ccc(Cl)c(Cl)c1)NCCCCCN1CCC(NC(=O)Nc2ccc(C(F)(F)F)cc2)CC1. The summed E-state index contributed by atoms with van der Waals surface area (Å²) in [5.41, 5.74) is 0.356. The Morgan fingerprint density at radius 1 is 0.974 bits per heavy atom. The Morgan fingerprint density at radius 2 is 1.68 bits per heavy atom. The Hall–Kier alpha value is -2.75. The Morgan fingerprint density at radius 3 is 2.34 bits per heavy atom. The Balaban J connectivity index is 1.23. The lowest BCUT2D eigenvalue weighted by Crippen LogP contribution is -2.46. The number of alkyl halides is 3. The summed E-state index contributed by atoms with van der Waals surface area (Å²) in [6.07, 6.45) is 3.26. The molecule has 0 unspecified atom stereocenters. The molecular formula is C27H31Cl2F3N4O2. The van der Waals surface area contributed by atoms with Crippen molar-refractivity contribution in [1.82, 2.24) is 15.5 Å². The van der Waals surface area contributed by atoms with E-state index in [0.717, 1.165) is 69.4 Å². The van der Waals surface area contributed by atoms with E-state index in [1.807, 2.05) is 0 Å². The van der Waals surface area contributed by atoms with Gasteiger partial charge in [0.05, 0.1) is 15.6 Å². The fourth-order valence-corrected chi connectivity index (χ4v) is 4.40. The number of amides is 3. The van der Waals surface area contributed by atoms with Crippen LogP contribution in [0.5, 0.6) is 0 Å². The van der Waals surface area contributed by atoms with Crippen molar-refractivity contribution < 1.29 is 22.8 Å². The number of rotatable bonds is 10. The molecule has 1 aliphatic heterocycles. The lowest BCUT2D eigenvalue weighted by molar-refractivity contribution is -0.137. The molecule has 2 aromatic carbocycles. The number of nitrogens with zero attached hydrogens (tertiary/aromatic N) is 1. The van der Waals surface area contributed by atoms with Crippen LogP contribution in [-0.4, -0.2) is 49.1 Å². The number of carbonyl (C=O) groups is 2. The maximum atomic E-state index is 12.7. The molecule has 1 heterocycles. The van der Waals surface area contributed by atoms with Crippen molar-refractivity contribution in [3.05, 3.63) is 69.7 Å². The predicted molar refractivity (Wildman–Crippen MR) is 145 cm³/mol. The molecule has 0 aromatic heterocycles. The lowest BCUT2D eigenvalue weighted by atomic mass is 10.0. The van der Waals surface area contributed by atoms with Crippen LogP contribution >= 0.6 is 23.2 Å². The molecule has 0 spiro atoms. The average Bonchev–Trinajstić information content (AvgIpc) is 2.87. The molecule has 3 rings (SSSR count). The van der Waals surface area contributed by atoms with Crippen LogP contribution in [0.1, 0.15) is 43.2 Å². The molecule has 11 heteroatoms. The molecule has 2 aromatic rings. The zero-order valence-corrected chi connectivity index (χ0v) is 22.3. The highest BCUT2D eigenvalue weighted by molar-refractivity contribution is 6.42. The van der Waals surface area contributed by atoms with Crippen LogP contribution in [0.15, 0.2) is 48.5 Å². The molecule has 0 radical (unpaired) electrons. The van der Waals surface area contributed by atoms with Gasteiger partial charge in [0.1, 0.15) is 0 Å². The third kappa shape index (κ3) is 10.2. The summed E-state index contributed by atoms with van der Waals surface area (Å²) in [6, 6.07) is 9.14. The van der Waals surface area contributed by atoms with Gasteiger partial charge in [0, 0.05) is 37.4 Å². The van der Waals surface area contributed by atoms with Crippen LogP contribution < -0.4 is 16.0 Å². The van der Waals surface area contributed by atoms with Crippen LogP contribution in [0.3, 0.4) is 0 Å². The van der Waals surface area contributed by atoms with E-state index in [0.29, 0.717) is 22.3 Å². The number of hydrogen-bond donors (Lipinski definition) is 3. The van der Waals surface area contributed by atoms with Crippen molar-refractivity contribution in [2.45, 2.75) is 44.3 Å². The monoisotopic (exact) mass is 570 g/mol. The number of carbonyl (C=O) groups excluding carboxylic acids is 2. The second-order valence-corrected chi connectivity index (χ2v) is 9.96. The molecule has 0 saturated carbocycles. The Labute approximate surface area is 230 Å². The van der Waals surface area contributed by atoms with Gasteiger partial charge in [-0.15, -0.1) is 0 Å². The van der Waals surface area contributed by atoms with E-state index in [4.69, 9.17) is 23.2 Å². The number of halogens is 5. The van der Waals surface area contributed by atoms with Crippen molar-refractivity contribution in [3.63, 3.8) is 0 Å². The highest BCUT2D eigenvalue weighted by atomic mass is 35.5. The quantitative estimate of drug-likeness (QED) is 0.222. The molecule has 6 nitrogen and oxygen atoms in total. The van der Waals surface area contributed by atoms with Gasteiger partial charge >= 0.3 is 12.2 Å². The topological polar surface area (TPSA) is 73.5 Å². The Bertz CT molecular complexity index is 1100. The first-order valence-corrected chi connectivity index (χ1v) is 13.2. The van der Waals surface area contributed by atoms with E-state index in [1.54, 1.807) is 24.3 Å². The second kappa shape index (κ2) is 14.4. The molecule has 0 bridgehead atoms. The molecule has 3 amide bonds. The highest BCUT2D eigenvalue weighted by Crippen LogP contribution is 2.29. The van der Waals surface area contributed by atoms with Gasteiger partial charge in [0.25, 0.3) is 0 Å². The summed E-state index contributed by atoms with van der Waals surface area (Å²) in [5.74, 6) is -0.159. The van der Waals surface area contributed by atoms with E-state index in [1.165, 1.54) is 18.2 Å². The predicted octanol–water partition coefficient (Wildman–Crippen LogP) is 6.60. The third-order valence-electron chi connectivity index (χ3n) is 6.21. The van der Waals surface area contributed by atoms with Gasteiger partial charge in [-0.25, -0.2) is 4.79 Å². The molecule has 38 heavy (non-hydrogen) atoms. The number of piperidine rings is 1. The van der Waals surface area contributed by atoms with E-state index < -0.39 is 17.8 Å². The third-order valence-corrected chi connectivity index (χ3v) is 6.95. The summed E-state index contributed by atoms with van der Waals surface area (Å²) >= 11 is 11.9. The van der Waals surface area contributed by atoms with Crippen LogP contribution in [0.2, 0.25) is 10.0 Å². The van der Waals surface area contributed by atoms with Crippen LogP contribution in [-0.2, 0) is 11.0 Å². The molecule has 0 atom stereocenters. The number of anilines is 1. The standard InChI is InChI=1S/C27H31Cl2F3N4O2/c28-23-10-4-19(18-24(23)29)5-11-25(37)33-14-2-1-3-15-36-16-12-22(13-17-36)35-26(38)34-21-8-6-20(7-9-21)27(30,31)32/h4-11,18,22H,1-3,12-17H2,(H,33,37)(H2,34,35,38)/b11-5+. The average molecular weight is 571 g/mol. The van der Waals surface area contributed by atoms with E-state index >= 15 is 0 Å². The number of nitrogens with one attached hydrogen (secondary N) is 3. The first-order valence-electron chi connectivity index (χ1n) is 12.5. The minimum absolute atomic E-state index is 0.0212. The van der Waals surface area contributed by atoms with E-state index in [2.05, 4.69) is 20.9 Å². The van der Waals surface area contributed by atoms with Gasteiger partial charge in [0.15, 0.2) is 0 Å². The van der Waals surface area contributed by atoms with Gasteiger partial charge in [0.2, 0.25) is 5.91 Å². The number of likely N-dealkylation sites (tertiary alicyclic amines) is 1. The van der Waals surface area contributed by atoms with Crippen LogP contribution in [0.25, 0.3) is 6.08 Å². The first-order chi connectivity index (χ1) is 18.1. The maximum Gasteiger partial charge on any atom is 0.416 e. The zero-order valence-electron chi connectivity index (χ0n) is 20.8. The molecule has 3 N–H and O–H groups in total. The fraction of sp³-hybridized carbons (Fsp3) is 0.407. The molecular weight excluding hydrogens is 540 g/mol. The van der Waals surface area contributed by atoms with Crippen molar-refractivity contribution >= 4 is 46.9 Å². The minimum Gasteiger partial charge on any atom is -0.353 e. The number of unbranched alkanes of at least 4 members (excludes halogenated alkanes) is 2. The summed E-state index contributed by atoms with van der Waals surface area (Å²) in [6.45, 7) is 3.28.